The van der Waals surface area contributed by atoms with Crippen molar-refractivity contribution in [2.45, 2.75) is 32.3 Å². The number of hydrogen-bond acceptors (Lipinski definition) is 4. The fourth-order valence-electron chi connectivity index (χ4n) is 3.51. The van der Waals surface area contributed by atoms with Gasteiger partial charge in [-0.3, -0.25) is 4.79 Å². The molecular formula is C17H27ClN2O2S. The highest BCUT2D eigenvalue weighted by atomic mass is 35.5. The number of morpholine rings is 1. The van der Waals surface area contributed by atoms with Crippen molar-refractivity contribution in [3.05, 3.63) is 22.4 Å². The van der Waals surface area contributed by atoms with Crippen LogP contribution in [0.25, 0.3) is 0 Å². The Morgan fingerprint density at radius 1 is 1.48 bits per heavy atom. The number of hydrogen-bond donors (Lipinski definition) is 1. The lowest BCUT2D eigenvalue weighted by molar-refractivity contribution is -0.140. The molecule has 0 saturated carbocycles. The van der Waals surface area contributed by atoms with Crippen molar-refractivity contribution in [3.63, 3.8) is 0 Å². The second kappa shape index (κ2) is 9.02. The zero-order valence-electron chi connectivity index (χ0n) is 13.7. The van der Waals surface area contributed by atoms with Gasteiger partial charge in [-0.2, -0.15) is 0 Å². The molecule has 0 aromatic carbocycles. The average molecular weight is 359 g/mol. The van der Waals surface area contributed by atoms with Gasteiger partial charge >= 0.3 is 0 Å². The van der Waals surface area contributed by atoms with Crippen molar-refractivity contribution < 1.29 is 9.53 Å². The van der Waals surface area contributed by atoms with Crippen molar-refractivity contribution in [3.8, 4) is 0 Å². The largest absolute Gasteiger partial charge is 0.369 e. The van der Waals surface area contributed by atoms with Crippen LogP contribution >= 0.6 is 23.7 Å². The molecule has 2 aliphatic heterocycles. The number of ether oxygens (including phenoxy) is 1. The lowest BCUT2D eigenvalue weighted by Gasteiger charge is -2.34. The zero-order chi connectivity index (χ0) is 15.4. The maximum atomic E-state index is 12.6. The molecule has 2 atom stereocenters. The molecule has 6 heteroatoms. The van der Waals surface area contributed by atoms with Gasteiger partial charge in [0.15, 0.2) is 0 Å². The average Bonchev–Trinajstić information content (AvgIpc) is 3.10. The number of carbonyl (C=O) groups excluding carboxylic acids is 1. The SMILES string of the molecule is CC(CC(=O)N1CCOC(c2cccs2)C1)C1CCNCC1.Cl. The molecule has 1 amide bonds. The van der Waals surface area contributed by atoms with Gasteiger partial charge in [0, 0.05) is 17.8 Å². The highest BCUT2D eigenvalue weighted by molar-refractivity contribution is 7.10. The summed E-state index contributed by atoms with van der Waals surface area (Å²) >= 11 is 1.71. The summed E-state index contributed by atoms with van der Waals surface area (Å²) in [5.41, 5.74) is 0. The first-order valence-electron chi connectivity index (χ1n) is 8.37. The van der Waals surface area contributed by atoms with Crippen LogP contribution in [0.15, 0.2) is 17.5 Å². The third kappa shape index (κ3) is 4.92. The minimum atomic E-state index is 0. The van der Waals surface area contributed by atoms with E-state index in [4.69, 9.17) is 4.74 Å². The van der Waals surface area contributed by atoms with Crippen LogP contribution in [0.1, 0.15) is 37.2 Å². The van der Waals surface area contributed by atoms with Crippen molar-refractivity contribution in [1.29, 1.82) is 0 Å². The fourth-order valence-corrected chi connectivity index (χ4v) is 4.27. The van der Waals surface area contributed by atoms with Crippen molar-refractivity contribution in [2.24, 2.45) is 11.8 Å². The lowest BCUT2D eigenvalue weighted by Crippen LogP contribution is -2.43. The highest BCUT2D eigenvalue weighted by Gasteiger charge is 2.28. The summed E-state index contributed by atoms with van der Waals surface area (Å²) in [5.74, 6) is 1.48. The van der Waals surface area contributed by atoms with Gasteiger partial charge in [-0.1, -0.05) is 13.0 Å². The molecular weight excluding hydrogens is 332 g/mol. The van der Waals surface area contributed by atoms with E-state index in [0.29, 0.717) is 37.3 Å². The van der Waals surface area contributed by atoms with E-state index in [2.05, 4.69) is 23.7 Å². The molecule has 2 unspecified atom stereocenters. The molecule has 4 nitrogen and oxygen atoms in total. The van der Waals surface area contributed by atoms with Crippen molar-refractivity contribution >= 4 is 29.7 Å². The van der Waals surface area contributed by atoms with E-state index in [1.807, 2.05) is 11.0 Å². The molecule has 2 saturated heterocycles. The van der Waals surface area contributed by atoms with Crippen molar-refractivity contribution in [1.82, 2.24) is 10.2 Å². The van der Waals surface area contributed by atoms with Crippen LogP contribution in [0, 0.1) is 11.8 Å². The lowest BCUT2D eigenvalue weighted by atomic mass is 9.84. The summed E-state index contributed by atoms with van der Waals surface area (Å²) in [5, 5.41) is 5.47. The monoisotopic (exact) mass is 358 g/mol. The van der Waals surface area contributed by atoms with Gasteiger partial charge in [0.25, 0.3) is 0 Å². The minimum Gasteiger partial charge on any atom is -0.369 e. The third-order valence-electron chi connectivity index (χ3n) is 4.96. The number of nitrogens with zero attached hydrogens (tertiary/aromatic N) is 1. The molecule has 1 N–H and O–H groups in total. The zero-order valence-corrected chi connectivity index (χ0v) is 15.3. The Hall–Kier alpha value is -0.620. The maximum Gasteiger partial charge on any atom is 0.223 e. The predicted octanol–water partition coefficient (Wildman–Crippen LogP) is 3.10. The van der Waals surface area contributed by atoms with Crippen LogP contribution in [-0.2, 0) is 9.53 Å². The number of halogens is 1. The first-order chi connectivity index (χ1) is 10.7. The number of carbonyl (C=O) groups is 1. The number of thiophene rings is 1. The van der Waals surface area contributed by atoms with Crippen molar-refractivity contribution in [2.75, 3.05) is 32.8 Å². The van der Waals surface area contributed by atoms with Crippen LogP contribution in [0.5, 0.6) is 0 Å². The Labute approximate surface area is 149 Å². The topological polar surface area (TPSA) is 41.6 Å². The fraction of sp³-hybridized carbons (Fsp3) is 0.706. The molecule has 3 rings (SSSR count). The molecule has 0 bridgehead atoms. The number of nitrogens with one attached hydrogen (secondary N) is 1. The van der Waals surface area contributed by atoms with Crippen LogP contribution in [0.2, 0.25) is 0 Å². The molecule has 130 valence electrons. The quantitative estimate of drug-likeness (QED) is 0.899. The van der Waals surface area contributed by atoms with E-state index >= 15 is 0 Å². The number of piperidine rings is 1. The van der Waals surface area contributed by atoms with Gasteiger partial charge in [-0.15, -0.1) is 23.7 Å². The minimum absolute atomic E-state index is 0. The molecule has 1 aromatic rings. The first kappa shape index (κ1) is 18.7. The Morgan fingerprint density at radius 3 is 2.96 bits per heavy atom. The second-order valence-electron chi connectivity index (χ2n) is 6.48. The third-order valence-corrected chi connectivity index (χ3v) is 5.93. The summed E-state index contributed by atoms with van der Waals surface area (Å²) in [6, 6.07) is 4.14. The van der Waals surface area contributed by atoms with E-state index in [1.165, 1.54) is 17.7 Å². The Balaban J connectivity index is 0.00000192. The first-order valence-corrected chi connectivity index (χ1v) is 9.25. The molecule has 23 heavy (non-hydrogen) atoms. The van der Waals surface area contributed by atoms with Crippen LogP contribution in [0.4, 0.5) is 0 Å². The van der Waals surface area contributed by atoms with Gasteiger partial charge < -0.3 is 15.0 Å². The second-order valence-corrected chi connectivity index (χ2v) is 7.46. The molecule has 1 aromatic heterocycles. The molecule has 0 spiro atoms. The standard InChI is InChI=1S/C17H26N2O2S.ClH/c1-13(14-4-6-18-7-5-14)11-17(20)19-8-9-21-15(12-19)16-3-2-10-22-16;/h2-3,10,13-15,18H,4-9,11-12H2,1H3;1H. The van der Waals surface area contributed by atoms with E-state index in [9.17, 15) is 4.79 Å². The number of amides is 1. The summed E-state index contributed by atoms with van der Waals surface area (Å²) in [7, 11) is 0. The smallest absolute Gasteiger partial charge is 0.223 e. The van der Waals surface area contributed by atoms with Crippen LogP contribution in [-0.4, -0.2) is 43.6 Å². The Morgan fingerprint density at radius 2 is 2.26 bits per heavy atom. The van der Waals surface area contributed by atoms with Gasteiger partial charge in [-0.05, 0) is 49.2 Å². The van der Waals surface area contributed by atoms with Crippen LogP contribution in [0.3, 0.4) is 0 Å². The van der Waals surface area contributed by atoms with Gasteiger partial charge in [0.1, 0.15) is 6.10 Å². The van der Waals surface area contributed by atoms with Gasteiger partial charge in [0.2, 0.25) is 5.91 Å². The van der Waals surface area contributed by atoms with E-state index in [1.54, 1.807) is 11.3 Å². The van der Waals surface area contributed by atoms with E-state index in [-0.39, 0.29) is 18.5 Å². The molecule has 2 fully saturated rings. The maximum absolute atomic E-state index is 12.6. The number of rotatable bonds is 4. The van der Waals surface area contributed by atoms with E-state index in [0.717, 1.165) is 19.6 Å². The molecule has 3 heterocycles. The van der Waals surface area contributed by atoms with Crippen LogP contribution < -0.4 is 5.32 Å². The van der Waals surface area contributed by atoms with Gasteiger partial charge in [-0.25, -0.2) is 0 Å². The Kier molecular flexibility index (Phi) is 7.34. The summed E-state index contributed by atoms with van der Waals surface area (Å²) < 4.78 is 5.83. The predicted molar refractivity (Wildman–Crippen MR) is 96.2 cm³/mol. The van der Waals surface area contributed by atoms with E-state index < -0.39 is 0 Å². The highest BCUT2D eigenvalue weighted by Crippen LogP contribution is 2.28. The molecule has 2 aliphatic rings. The van der Waals surface area contributed by atoms with Gasteiger partial charge in [0.05, 0.1) is 13.2 Å². The molecule has 0 aliphatic carbocycles. The summed E-state index contributed by atoms with van der Waals surface area (Å²) in [4.78, 5) is 15.9. The molecule has 0 radical (unpaired) electrons. The normalized spacial score (nSPS) is 24.0. The Bertz CT molecular complexity index is 477. The summed E-state index contributed by atoms with van der Waals surface area (Å²) in [6.45, 7) is 6.53. The summed E-state index contributed by atoms with van der Waals surface area (Å²) in [6.07, 6.45) is 3.15.